The number of hydrogen-bond acceptors (Lipinski definition) is 10. The van der Waals surface area contributed by atoms with Gasteiger partial charge in [-0.05, 0) is 97.1 Å². The summed E-state index contributed by atoms with van der Waals surface area (Å²) < 4.78 is 71.9. The summed E-state index contributed by atoms with van der Waals surface area (Å²) in [6.07, 6.45) is 3.63. The molecule has 4 rings (SSSR count). The van der Waals surface area contributed by atoms with Crippen LogP contribution in [0.25, 0.3) is 11.1 Å². The molecule has 2 aromatic heterocycles. The van der Waals surface area contributed by atoms with Gasteiger partial charge in [0, 0.05) is 22.4 Å². The smallest absolute Gasteiger partial charge is 0.423 e. The average molecular weight is 808 g/mol. The summed E-state index contributed by atoms with van der Waals surface area (Å²) in [5, 5.41) is 17.1. The Morgan fingerprint density at radius 1 is 0.673 bits per heavy atom. The van der Waals surface area contributed by atoms with Gasteiger partial charge in [-0.25, -0.2) is 8.78 Å². The number of benzene rings is 2. The fraction of sp³-hybridized carbons (Fsp3) is 0.312. The summed E-state index contributed by atoms with van der Waals surface area (Å²) in [5.74, 6) is -0.760. The Bertz CT molecular complexity index is 1610. The Morgan fingerprint density at radius 2 is 1.14 bits per heavy atom. The van der Waals surface area contributed by atoms with E-state index in [1.54, 1.807) is 58.3 Å². The molecular weight excluding hydrogens is 766 g/mol. The van der Waals surface area contributed by atoms with Gasteiger partial charge >= 0.3 is 22.3 Å². The van der Waals surface area contributed by atoms with Crippen LogP contribution in [0.5, 0.6) is 0 Å². The van der Waals surface area contributed by atoms with E-state index in [1.807, 2.05) is 18.2 Å². The molecule has 0 unspecified atom stereocenters. The van der Waals surface area contributed by atoms with Crippen LogP contribution >= 0.6 is 43.5 Å². The predicted molar refractivity (Wildman–Crippen MR) is 194 cm³/mol. The second-order valence-corrected chi connectivity index (χ2v) is 14.7. The lowest BCUT2D eigenvalue weighted by Gasteiger charge is -2.16. The van der Waals surface area contributed by atoms with Gasteiger partial charge in [0.25, 0.3) is 0 Å². The highest BCUT2D eigenvalue weighted by Crippen LogP contribution is 2.51. The molecule has 0 amide bonds. The molecule has 17 heteroatoms. The van der Waals surface area contributed by atoms with Crippen LogP contribution < -0.4 is 5.46 Å². The lowest BCUT2D eigenvalue weighted by molar-refractivity contribution is 0.218. The van der Waals surface area contributed by atoms with Gasteiger partial charge in [0.05, 0.1) is 50.1 Å². The molecule has 2 N–H and O–H groups in total. The number of aromatic nitrogens is 2. The fourth-order valence-electron chi connectivity index (χ4n) is 3.96. The third-order valence-corrected chi connectivity index (χ3v) is 10.4. The maximum Gasteiger partial charge on any atom is 0.488 e. The van der Waals surface area contributed by atoms with Gasteiger partial charge in [-0.3, -0.25) is 19.1 Å². The van der Waals surface area contributed by atoms with E-state index in [1.165, 1.54) is 30.3 Å². The summed E-state index contributed by atoms with van der Waals surface area (Å²) in [7, 11) is -7.78. The van der Waals surface area contributed by atoms with Crippen molar-refractivity contribution in [1.82, 2.24) is 9.97 Å². The molecular formula is C32H41BBrClF2N2O8P2. The highest BCUT2D eigenvalue weighted by molar-refractivity contribution is 9.10. The van der Waals surface area contributed by atoms with Crippen molar-refractivity contribution in [2.75, 3.05) is 26.4 Å². The van der Waals surface area contributed by atoms with Crippen molar-refractivity contribution in [3.63, 3.8) is 0 Å². The second kappa shape index (κ2) is 23.2. The molecule has 2 aromatic carbocycles. The van der Waals surface area contributed by atoms with Crippen molar-refractivity contribution in [2.45, 2.75) is 40.0 Å². The molecule has 0 bridgehead atoms. The van der Waals surface area contributed by atoms with Gasteiger partial charge in [-0.15, -0.1) is 12.4 Å². The molecule has 0 saturated heterocycles. The van der Waals surface area contributed by atoms with Gasteiger partial charge in [0.15, 0.2) is 0 Å². The van der Waals surface area contributed by atoms with E-state index in [4.69, 9.17) is 28.1 Å². The average Bonchev–Trinajstić information content (AvgIpc) is 3.03. The van der Waals surface area contributed by atoms with Gasteiger partial charge < -0.3 is 28.1 Å². The van der Waals surface area contributed by atoms with Crippen molar-refractivity contribution in [1.29, 1.82) is 0 Å². The topological polar surface area (TPSA) is 137 Å². The molecule has 0 aliphatic rings. The Kier molecular flexibility index (Phi) is 21.1. The maximum atomic E-state index is 13.2. The highest BCUT2D eigenvalue weighted by Gasteiger charge is 2.25. The molecule has 0 aliphatic heterocycles. The largest absolute Gasteiger partial charge is 0.488 e. The third-order valence-electron chi connectivity index (χ3n) is 5.93. The third kappa shape index (κ3) is 16.9. The minimum atomic E-state index is -3.16. The van der Waals surface area contributed by atoms with Crippen LogP contribution in [-0.4, -0.2) is 53.6 Å². The lowest BCUT2D eigenvalue weighted by Crippen LogP contribution is -2.29. The molecule has 10 nitrogen and oxygen atoms in total. The first-order valence-corrected chi connectivity index (χ1v) is 19.3. The van der Waals surface area contributed by atoms with E-state index in [2.05, 4.69) is 25.9 Å². The summed E-state index contributed by atoms with van der Waals surface area (Å²) >= 11 is 3.29. The minimum Gasteiger partial charge on any atom is -0.423 e. The summed E-state index contributed by atoms with van der Waals surface area (Å²) in [4.78, 5) is 8.43. The number of hydrogen-bond donors (Lipinski definition) is 2. The van der Waals surface area contributed by atoms with E-state index in [0.29, 0.717) is 37.8 Å². The molecule has 268 valence electrons. The highest BCUT2D eigenvalue weighted by atomic mass is 79.9. The lowest BCUT2D eigenvalue weighted by atomic mass is 9.80. The monoisotopic (exact) mass is 806 g/mol. The van der Waals surface area contributed by atoms with Gasteiger partial charge in [-0.2, -0.15) is 0 Å². The van der Waals surface area contributed by atoms with Crippen molar-refractivity contribution in [2.24, 2.45) is 0 Å². The standard InChI is InChI=1S/C16H19FNO3P.C10H15BrNO3P.C6H6BFO2.ClH/c1-3-20-22(19,21-4-2)12-16-9-8-14(11-18-16)13-6-5-7-15(17)10-13;1-3-14-16(13,15-4-2)8-10-6-5-9(11)7-12-10;8-6-3-1-2-5(4-6)7(9)10;/h5-11H,3-4,12H2,1-2H3;5-7H,3-4,8H2,1-2H3;1-4,9-10H;1H. The predicted octanol–water partition coefficient (Wildman–Crippen LogP) is 8.19. The molecule has 0 aliphatic carbocycles. The van der Waals surface area contributed by atoms with E-state index < -0.39 is 28.1 Å². The van der Waals surface area contributed by atoms with E-state index >= 15 is 0 Å². The molecule has 4 aromatic rings. The van der Waals surface area contributed by atoms with E-state index in [0.717, 1.165) is 21.7 Å². The van der Waals surface area contributed by atoms with Crippen LogP contribution in [0.3, 0.4) is 0 Å². The second-order valence-electron chi connectivity index (χ2n) is 9.65. The quantitative estimate of drug-likeness (QED) is 0.0948. The first-order valence-electron chi connectivity index (χ1n) is 15.0. The zero-order valence-corrected chi connectivity index (χ0v) is 31.8. The molecule has 0 atom stereocenters. The number of halogens is 4. The van der Waals surface area contributed by atoms with Crippen LogP contribution in [0.15, 0.2) is 89.7 Å². The number of rotatable bonds is 14. The van der Waals surface area contributed by atoms with Crippen molar-refractivity contribution in [3.05, 3.63) is 113 Å². The fourth-order valence-corrected chi connectivity index (χ4v) is 7.45. The molecule has 0 fully saturated rings. The normalized spacial score (nSPS) is 11.0. The van der Waals surface area contributed by atoms with E-state index in [9.17, 15) is 17.9 Å². The van der Waals surface area contributed by atoms with Crippen molar-refractivity contribution < 1.29 is 46.1 Å². The molecule has 0 spiro atoms. The van der Waals surface area contributed by atoms with Crippen LogP contribution in [0.2, 0.25) is 0 Å². The Hall–Kier alpha value is -2.35. The van der Waals surface area contributed by atoms with Crippen molar-refractivity contribution >= 4 is 56.1 Å². The Morgan fingerprint density at radius 3 is 1.51 bits per heavy atom. The van der Waals surface area contributed by atoms with Gasteiger partial charge in [0.1, 0.15) is 11.6 Å². The first kappa shape index (κ1) is 44.7. The maximum absolute atomic E-state index is 13.2. The molecule has 0 saturated carbocycles. The van der Waals surface area contributed by atoms with Crippen molar-refractivity contribution in [3.8, 4) is 11.1 Å². The number of nitrogens with zero attached hydrogens (tertiary/aromatic N) is 2. The minimum absolute atomic E-state index is 0. The van der Waals surface area contributed by atoms with Crippen LogP contribution in [0, 0.1) is 11.6 Å². The zero-order valence-electron chi connectivity index (χ0n) is 27.6. The van der Waals surface area contributed by atoms with Crippen LogP contribution in [0.1, 0.15) is 39.1 Å². The molecule has 0 radical (unpaired) electrons. The van der Waals surface area contributed by atoms with Gasteiger partial charge in [-0.1, -0.05) is 30.3 Å². The van der Waals surface area contributed by atoms with Crippen LogP contribution in [0.4, 0.5) is 8.78 Å². The van der Waals surface area contributed by atoms with Crippen LogP contribution in [-0.2, 0) is 39.5 Å². The van der Waals surface area contributed by atoms with Gasteiger partial charge in [0.2, 0.25) is 0 Å². The summed E-state index contributed by atoms with van der Waals surface area (Å²) in [6, 6.07) is 18.7. The molecule has 49 heavy (non-hydrogen) atoms. The molecule has 2 heterocycles. The SMILES string of the molecule is CCOP(=O)(Cc1ccc(-c2cccc(F)c2)cn1)OCC.CCOP(=O)(Cc1ccc(Br)cn1)OCC.Cl.OB(O)c1cccc(F)c1. The Balaban J connectivity index is 0.000000390. The Labute approximate surface area is 301 Å². The summed E-state index contributed by atoms with van der Waals surface area (Å²) in [6.45, 7) is 8.50. The summed E-state index contributed by atoms with van der Waals surface area (Å²) in [5.41, 5.74) is 3.03. The van der Waals surface area contributed by atoms with E-state index in [-0.39, 0.29) is 36.0 Å². The number of pyridine rings is 2. The zero-order chi connectivity index (χ0) is 35.6. The first-order chi connectivity index (χ1) is 22.9.